The molecule has 0 bridgehead atoms. The van der Waals surface area contributed by atoms with E-state index in [1.165, 1.54) is 20.0 Å². The Bertz CT molecular complexity index is 822. The first kappa shape index (κ1) is 22.8. The maximum absolute atomic E-state index is 11.4. The van der Waals surface area contributed by atoms with Crippen molar-refractivity contribution in [2.75, 3.05) is 10.6 Å². The number of hydrogen-bond donors (Lipinski definition) is 1. The molecule has 2 amide bonds. The lowest BCUT2D eigenvalue weighted by Gasteiger charge is -2.20. The fourth-order valence-corrected chi connectivity index (χ4v) is 2.97. The smallest absolute Gasteiger partial charge is 0.230 e. The van der Waals surface area contributed by atoms with E-state index < -0.39 is 11.8 Å². The predicted octanol–water partition coefficient (Wildman–Crippen LogP) is 5.09. The molecular formula is C16H16Br2Cl2N4O2. The minimum Gasteiger partial charge on any atom is -0.396 e. The largest absolute Gasteiger partial charge is 0.396 e. The lowest BCUT2D eigenvalue weighted by Crippen LogP contribution is -2.34. The number of carbonyl (C=O) groups is 2. The molecule has 0 atom stereocenters. The summed E-state index contributed by atoms with van der Waals surface area (Å²) in [5.74, 6) is -0.783. The molecule has 0 aromatic carbocycles. The Balaban J connectivity index is 0.000000289. The van der Waals surface area contributed by atoms with Gasteiger partial charge in [0.05, 0.1) is 11.4 Å². The molecule has 2 heterocycles. The van der Waals surface area contributed by atoms with Crippen molar-refractivity contribution in [3.8, 4) is 0 Å². The highest BCUT2D eigenvalue weighted by atomic mass is 79.9. The molecule has 0 fully saturated rings. The van der Waals surface area contributed by atoms with Crippen LogP contribution in [0.4, 0.5) is 11.4 Å². The molecule has 6 nitrogen and oxygen atoms in total. The minimum absolute atomic E-state index is 0.131. The molecule has 0 spiro atoms. The van der Waals surface area contributed by atoms with Crippen LogP contribution in [0.3, 0.4) is 0 Å². The maximum atomic E-state index is 11.4. The van der Waals surface area contributed by atoms with Crippen molar-refractivity contribution >= 4 is 78.3 Å². The molecule has 10 heteroatoms. The van der Waals surface area contributed by atoms with E-state index in [-0.39, 0.29) is 5.15 Å². The van der Waals surface area contributed by atoms with Gasteiger partial charge < -0.3 is 5.73 Å². The lowest BCUT2D eigenvalue weighted by atomic mass is 10.2. The van der Waals surface area contributed by atoms with Crippen LogP contribution in [0.15, 0.2) is 21.3 Å². The second kappa shape index (κ2) is 9.64. The molecule has 0 unspecified atom stereocenters. The molecule has 0 radical (unpaired) electrons. The Labute approximate surface area is 178 Å². The number of hydrogen-bond acceptors (Lipinski definition) is 5. The van der Waals surface area contributed by atoms with Gasteiger partial charge in [-0.05, 0) is 56.8 Å². The van der Waals surface area contributed by atoms with Crippen molar-refractivity contribution in [2.45, 2.75) is 27.7 Å². The van der Waals surface area contributed by atoms with Gasteiger partial charge in [-0.1, -0.05) is 23.2 Å². The summed E-state index contributed by atoms with van der Waals surface area (Å²) in [6, 6.07) is 0. The summed E-state index contributed by atoms with van der Waals surface area (Å²) < 4.78 is 1.58. The number of carbonyl (C=O) groups excluding carboxylic acids is 2. The van der Waals surface area contributed by atoms with Crippen LogP contribution in [-0.4, -0.2) is 21.8 Å². The SMILES string of the molecule is CC(=O)N(C(C)=O)c1c(Cl)ncc(Br)c1C.Cc1c(Br)cnc(Cl)c1N. The highest BCUT2D eigenvalue weighted by Gasteiger charge is 2.23. The van der Waals surface area contributed by atoms with Gasteiger partial charge in [-0.3, -0.25) is 9.59 Å². The van der Waals surface area contributed by atoms with E-state index in [1.807, 2.05) is 6.92 Å². The Morgan fingerprint density at radius 2 is 1.38 bits per heavy atom. The lowest BCUT2D eigenvalue weighted by molar-refractivity contribution is -0.124. The molecule has 0 saturated carbocycles. The van der Waals surface area contributed by atoms with E-state index in [1.54, 1.807) is 13.1 Å². The van der Waals surface area contributed by atoms with E-state index in [0.29, 0.717) is 26.6 Å². The van der Waals surface area contributed by atoms with E-state index in [0.717, 1.165) is 14.9 Å². The average Bonchev–Trinajstić information content (AvgIpc) is 2.56. The summed E-state index contributed by atoms with van der Waals surface area (Å²) in [7, 11) is 0. The topological polar surface area (TPSA) is 89.2 Å². The van der Waals surface area contributed by atoms with Crippen molar-refractivity contribution in [1.29, 1.82) is 0 Å². The third kappa shape index (κ3) is 5.39. The summed E-state index contributed by atoms with van der Waals surface area (Å²) in [5.41, 5.74) is 8.06. The first-order valence-electron chi connectivity index (χ1n) is 7.16. The summed E-state index contributed by atoms with van der Waals surface area (Å²) in [6.45, 7) is 6.25. The third-order valence-corrected chi connectivity index (χ3v) is 5.51. The molecule has 140 valence electrons. The second-order valence-corrected chi connectivity index (χ2v) is 7.60. The first-order valence-corrected chi connectivity index (χ1v) is 9.51. The Morgan fingerprint density at radius 3 is 1.81 bits per heavy atom. The summed E-state index contributed by atoms with van der Waals surface area (Å²) in [4.78, 5) is 31.5. The molecule has 2 aromatic heterocycles. The summed E-state index contributed by atoms with van der Waals surface area (Å²) in [6.07, 6.45) is 3.16. The number of nitrogens with zero attached hydrogens (tertiary/aromatic N) is 3. The van der Waals surface area contributed by atoms with Gasteiger partial charge in [0.25, 0.3) is 0 Å². The molecule has 0 aliphatic carbocycles. The number of aromatic nitrogens is 2. The van der Waals surface area contributed by atoms with E-state index in [9.17, 15) is 9.59 Å². The number of amides is 2. The Kier molecular flexibility index (Phi) is 8.46. The van der Waals surface area contributed by atoms with Gasteiger partial charge >= 0.3 is 0 Å². The van der Waals surface area contributed by atoms with Crippen LogP contribution >= 0.6 is 55.1 Å². The number of anilines is 2. The molecule has 2 N–H and O–H groups in total. The standard InChI is InChI=1S/C10H10BrClN2O2.C6H6BrClN2/c1-5-8(11)4-13-10(12)9(5)14(6(2)15)7(3)16;1-3-4(7)2-10-6(8)5(3)9/h4H,1-3H3;2H,9H2,1H3. The van der Waals surface area contributed by atoms with Crippen molar-refractivity contribution < 1.29 is 9.59 Å². The molecule has 2 aromatic rings. The van der Waals surface area contributed by atoms with Gasteiger partial charge in [0, 0.05) is 35.2 Å². The maximum Gasteiger partial charge on any atom is 0.230 e. The molecule has 0 saturated heterocycles. The van der Waals surface area contributed by atoms with Crippen molar-refractivity contribution in [3.63, 3.8) is 0 Å². The zero-order valence-electron chi connectivity index (χ0n) is 14.4. The monoisotopic (exact) mass is 524 g/mol. The van der Waals surface area contributed by atoms with E-state index >= 15 is 0 Å². The van der Waals surface area contributed by atoms with E-state index in [4.69, 9.17) is 28.9 Å². The van der Waals surface area contributed by atoms with Crippen LogP contribution < -0.4 is 10.6 Å². The van der Waals surface area contributed by atoms with Gasteiger partial charge in [-0.25, -0.2) is 14.9 Å². The highest BCUT2D eigenvalue weighted by Crippen LogP contribution is 2.32. The number of rotatable bonds is 1. The molecule has 0 aliphatic rings. The zero-order chi connectivity index (χ0) is 20.2. The van der Waals surface area contributed by atoms with Gasteiger partial charge in [-0.2, -0.15) is 0 Å². The number of pyridine rings is 2. The fraction of sp³-hybridized carbons (Fsp3) is 0.250. The van der Waals surface area contributed by atoms with Crippen LogP contribution in [0, 0.1) is 13.8 Å². The van der Waals surface area contributed by atoms with Gasteiger partial charge in [0.15, 0.2) is 10.3 Å². The van der Waals surface area contributed by atoms with Gasteiger partial charge in [-0.15, -0.1) is 0 Å². The molecule has 2 rings (SSSR count). The van der Waals surface area contributed by atoms with Crippen LogP contribution in [0.25, 0.3) is 0 Å². The number of nitrogen functional groups attached to an aromatic ring is 1. The van der Waals surface area contributed by atoms with Gasteiger partial charge in [0.1, 0.15) is 0 Å². The van der Waals surface area contributed by atoms with Crippen molar-refractivity contribution in [2.24, 2.45) is 0 Å². The molecule has 0 aliphatic heterocycles. The van der Waals surface area contributed by atoms with Crippen molar-refractivity contribution in [1.82, 2.24) is 9.97 Å². The quantitative estimate of drug-likeness (QED) is 0.523. The Morgan fingerprint density at radius 1 is 0.962 bits per heavy atom. The average molecular weight is 527 g/mol. The van der Waals surface area contributed by atoms with E-state index in [2.05, 4.69) is 41.8 Å². The number of imide groups is 1. The van der Waals surface area contributed by atoms with Crippen LogP contribution in [0.1, 0.15) is 25.0 Å². The van der Waals surface area contributed by atoms with Crippen molar-refractivity contribution in [3.05, 3.63) is 42.8 Å². The fourth-order valence-electron chi connectivity index (χ4n) is 1.90. The minimum atomic E-state index is -0.391. The second-order valence-electron chi connectivity index (χ2n) is 5.18. The molecular weight excluding hydrogens is 511 g/mol. The first-order chi connectivity index (χ1) is 12.0. The summed E-state index contributed by atoms with van der Waals surface area (Å²) in [5, 5.41) is 0.492. The highest BCUT2D eigenvalue weighted by molar-refractivity contribution is 9.10. The summed E-state index contributed by atoms with van der Waals surface area (Å²) >= 11 is 18.1. The normalized spacial score (nSPS) is 10.0. The van der Waals surface area contributed by atoms with Gasteiger partial charge in [0.2, 0.25) is 11.8 Å². The predicted molar refractivity (Wildman–Crippen MR) is 112 cm³/mol. The molecule has 26 heavy (non-hydrogen) atoms. The number of nitrogens with two attached hydrogens (primary N) is 1. The number of halogens is 4. The zero-order valence-corrected chi connectivity index (χ0v) is 19.1. The van der Waals surface area contributed by atoms with Crippen LogP contribution in [0.5, 0.6) is 0 Å². The van der Waals surface area contributed by atoms with Crippen LogP contribution in [0.2, 0.25) is 10.3 Å². The van der Waals surface area contributed by atoms with Crippen LogP contribution in [-0.2, 0) is 9.59 Å². The third-order valence-electron chi connectivity index (χ3n) is 3.33. The Hall–Kier alpha value is -1.22.